The number of para-hydroxylation sites is 1. The highest BCUT2D eigenvalue weighted by atomic mass is 19.1. The molecule has 0 aliphatic carbocycles. The molecule has 31 heavy (non-hydrogen) atoms. The number of nitrogens with zero attached hydrogens (tertiary/aromatic N) is 1. The first-order chi connectivity index (χ1) is 15.1. The summed E-state index contributed by atoms with van der Waals surface area (Å²) in [6.07, 6.45) is 5.67. The number of benzene rings is 2. The van der Waals surface area contributed by atoms with Gasteiger partial charge in [0.25, 0.3) is 0 Å². The fourth-order valence-electron chi connectivity index (χ4n) is 4.35. The van der Waals surface area contributed by atoms with Crippen LogP contribution in [0.4, 0.5) is 10.1 Å². The van der Waals surface area contributed by atoms with Gasteiger partial charge in [-0.2, -0.15) is 0 Å². The number of rotatable bonds is 7. The molecule has 164 valence electrons. The lowest BCUT2D eigenvalue weighted by atomic mass is 9.92. The first-order valence-electron chi connectivity index (χ1n) is 10.9. The van der Waals surface area contributed by atoms with Crippen molar-refractivity contribution in [2.45, 2.75) is 25.7 Å². The van der Waals surface area contributed by atoms with Gasteiger partial charge in [0.15, 0.2) is 0 Å². The Morgan fingerprint density at radius 1 is 1.29 bits per heavy atom. The number of piperidine rings is 1. The molecule has 1 amide bonds. The molecule has 0 bridgehead atoms. The van der Waals surface area contributed by atoms with Crippen LogP contribution in [0.25, 0.3) is 6.08 Å². The molecule has 2 heterocycles. The van der Waals surface area contributed by atoms with Gasteiger partial charge in [0.05, 0.1) is 12.8 Å². The van der Waals surface area contributed by atoms with Crippen LogP contribution in [-0.2, 0) is 4.79 Å². The Labute approximate surface area is 182 Å². The number of nitrogens with one attached hydrogen (secondary N) is 1. The number of ether oxygens (including phenoxy) is 2. The molecule has 0 unspecified atom stereocenters. The third-order valence-electron chi connectivity index (χ3n) is 5.95. The van der Waals surface area contributed by atoms with Crippen molar-refractivity contribution in [3.63, 3.8) is 0 Å². The van der Waals surface area contributed by atoms with Crippen molar-refractivity contribution in [3.8, 4) is 11.5 Å². The van der Waals surface area contributed by atoms with Crippen LogP contribution in [0.1, 0.15) is 31.2 Å². The Kier molecular flexibility index (Phi) is 6.87. The molecule has 1 N–H and O–H groups in total. The number of likely N-dealkylation sites (tertiary alicyclic amines) is 1. The predicted octanol–water partition coefficient (Wildman–Crippen LogP) is 4.74. The van der Waals surface area contributed by atoms with Crippen LogP contribution in [0.15, 0.2) is 48.0 Å². The summed E-state index contributed by atoms with van der Waals surface area (Å²) in [6.45, 7) is 3.50. The maximum Gasteiger partial charge on any atom is 0.224 e. The van der Waals surface area contributed by atoms with E-state index in [-0.39, 0.29) is 11.6 Å². The molecule has 0 aromatic heterocycles. The largest absolute Gasteiger partial charge is 0.497 e. The lowest BCUT2D eigenvalue weighted by molar-refractivity contribution is -0.116. The average Bonchev–Trinajstić information content (AvgIpc) is 2.79. The highest BCUT2D eigenvalue weighted by Crippen LogP contribution is 2.31. The minimum absolute atomic E-state index is 0.129. The quantitative estimate of drug-likeness (QED) is 0.698. The highest BCUT2D eigenvalue weighted by Gasteiger charge is 2.23. The van der Waals surface area contributed by atoms with Crippen LogP contribution in [-0.4, -0.2) is 44.2 Å². The molecule has 2 aliphatic rings. The smallest absolute Gasteiger partial charge is 0.224 e. The molecule has 0 saturated carbocycles. The monoisotopic (exact) mass is 424 g/mol. The van der Waals surface area contributed by atoms with Gasteiger partial charge >= 0.3 is 0 Å². The van der Waals surface area contributed by atoms with Crippen LogP contribution in [0.3, 0.4) is 0 Å². The molecule has 6 heteroatoms. The van der Waals surface area contributed by atoms with Crippen LogP contribution in [0.2, 0.25) is 0 Å². The second-order valence-electron chi connectivity index (χ2n) is 8.31. The van der Waals surface area contributed by atoms with Gasteiger partial charge in [-0.3, -0.25) is 9.69 Å². The second kappa shape index (κ2) is 9.96. The molecule has 1 saturated heterocycles. The molecular formula is C25H29FN2O3. The number of halogens is 1. The van der Waals surface area contributed by atoms with E-state index in [1.54, 1.807) is 25.3 Å². The summed E-state index contributed by atoms with van der Waals surface area (Å²) < 4.78 is 24.9. The Balaban J connectivity index is 1.28. The highest BCUT2D eigenvalue weighted by molar-refractivity contribution is 5.90. The minimum Gasteiger partial charge on any atom is -0.497 e. The van der Waals surface area contributed by atoms with E-state index in [9.17, 15) is 9.18 Å². The standard InChI is InChI=1S/C25H29FN2O3/c1-30-21-9-10-24-20(14-21)13-19(17-31-24)16-28-12-4-5-18(15-28)8-11-25(29)27-23-7-3-2-6-22(23)26/h2-3,6-7,9-10,13-14,18H,4-5,8,11-12,15-17H2,1H3,(H,27,29)/t18-/m1/s1. The summed E-state index contributed by atoms with van der Waals surface area (Å²) in [5.41, 5.74) is 2.55. The number of fused-ring (bicyclic) bond motifs is 1. The maximum atomic E-state index is 13.7. The van der Waals surface area contributed by atoms with E-state index >= 15 is 0 Å². The fraction of sp³-hybridized carbons (Fsp3) is 0.400. The lowest BCUT2D eigenvalue weighted by Crippen LogP contribution is -2.37. The molecule has 2 aromatic carbocycles. The molecule has 2 aromatic rings. The number of anilines is 1. The van der Waals surface area contributed by atoms with E-state index < -0.39 is 5.82 Å². The van der Waals surface area contributed by atoms with Gasteiger partial charge in [-0.15, -0.1) is 0 Å². The molecule has 0 radical (unpaired) electrons. The molecule has 1 atom stereocenters. The maximum absolute atomic E-state index is 13.7. The first-order valence-corrected chi connectivity index (χ1v) is 10.9. The summed E-state index contributed by atoms with van der Waals surface area (Å²) in [5, 5.41) is 2.68. The number of amides is 1. The van der Waals surface area contributed by atoms with Gasteiger partial charge in [0.2, 0.25) is 5.91 Å². The Bertz CT molecular complexity index is 960. The van der Waals surface area contributed by atoms with E-state index in [0.29, 0.717) is 18.9 Å². The zero-order chi connectivity index (χ0) is 21.6. The number of hydrogen-bond donors (Lipinski definition) is 1. The molecule has 5 nitrogen and oxygen atoms in total. The van der Waals surface area contributed by atoms with Crippen molar-refractivity contribution in [1.29, 1.82) is 0 Å². The van der Waals surface area contributed by atoms with Crippen LogP contribution < -0.4 is 14.8 Å². The van der Waals surface area contributed by atoms with Crippen molar-refractivity contribution in [3.05, 3.63) is 59.4 Å². The Hall–Kier alpha value is -2.86. The summed E-state index contributed by atoms with van der Waals surface area (Å²) in [5.74, 6) is 1.66. The van der Waals surface area contributed by atoms with Gasteiger partial charge in [-0.1, -0.05) is 12.1 Å². The minimum atomic E-state index is -0.401. The Morgan fingerprint density at radius 2 is 2.16 bits per heavy atom. The normalized spacial score (nSPS) is 18.5. The summed E-state index contributed by atoms with van der Waals surface area (Å²) in [7, 11) is 1.67. The Morgan fingerprint density at radius 3 is 3.00 bits per heavy atom. The van der Waals surface area contributed by atoms with Gasteiger partial charge in [-0.25, -0.2) is 4.39 Å². The first kappa shape index (κ1) is 21.4. The molecule has 0 spiro atoms. The van der Waals surface area contributed by atoms with Crippen molar-refractivity contribution in [2.24, 2.45) is 5.92 Å². The van der Waals surface area contributed by atoms with E-state index in [2.05, 4.69) is 16.3 Å². The third kappa shape index (κ3) is 5.64. The molecule has 1 fully saturated rings. The van der Waals surface area contributed by atoms with E-state index in [4.69, 9.17) is 9.47 Å². The zero-order valence-corrected chi connectivity index (χ0v) is 17.9. The van der Waals surface area contributed by atoms with Crippen molar-refractivity contribution in [2.75, 3.05) is 38.7 Å². The van der Waals surface area contributed by atoms with Crippen LogP contribution >= 0.6 is 0 Å². The number of carbonyl (C=O) groups is 1. The van der Waals surface area contributed by atoms with Gasteiger partial charge in [0, 0.05) is 25.1 Å². The summed E-state index contributed by atoms with van der Waals surface area (Å²) in [6, 6.07) is 12.1. The third-order valence-corrected chi connectivity index (χ3v) is 5.95. The van der Waals surface area contributed by atoms with Crippen molar-refractivity contribution >= 4 is 17.7 Å². The van der Waals surface area contributed by atoms with Crippen LogP contribution in [0.5, 0.6) is 11.5 Å². The zero-order valence-electron chi connectivity index (χ0n) is 17.9. The van der Waals surface area contributed by atoms with E-state index in [1.807, 2.05) is 18.2 Å². The second-order valence-corrected chi connectivity index (χ2v) is 8.31. The predicted molar refractivity (Wildman–Crippen MR) is 120 cm³/mol. The average molecular weight is 425 g/mol. The fourth-order valence-corrected chi connectivity index (χ4v) is 4.35. The van der Waals surface area contributed by atoms with Crippen molar-refractivity contribution in [1.82, 2.24) is 4.90 Å². The summed E-state index contributed by atoms with van der Waals surface area (Å²) >= 11 is 0. The van der Waals surface area contributed by atoms with E-state index in [1.165, 1.54) is 11.6 Å². The van der Waals surface area contributed by atoms with Crippen molar-refractivity contribution < 1.29 is 18.7 Å². The molecule has 2 aliphatic heterocycles. The van der Waals surface area contributed by atoms with E-state index in [0.717, 1.165) is 56.0 Å². The topological polar surface area (TPSA) is 50.8 Å². The summed E-state index contributed by atoms with van der Waals surface area (Å²) in [4.78, 5) is 14.7. The number of methoxy groups -OCH3 is 1. The molecular weight excluding hydrogens is 395 g/mol. The van der Waals surface area contributed by atoms with Gasteiger partial charge < -0.3 is 14.8 Å². The molecule has 4 rings (SSSR count). The number of hydrogen-bond acceptors (Lipinski definition) is 4. The lowest BCUT2D eigenvalue weighted by Gasteiger charge is -2.34. The van der Waals surface area contributed by atoms with Crippen LogP contribution in [0, 0.1) is 11.7 Å². The SMILES string of the molecule is COc1ccc2c(c1)C=C(CN1CCC[C@H](CCC(=O)Nc3ccccc3F)C1)CO2. The van der Waals surface area contributed by atoms with Gasteiger partial charge in [0.1, 0.15) is 23.9 Å². The van der Waals surface area contributed by atoms with Gasteiger partial charge in [-0.05, 0) is 73.7 Å². The number of carbonyl (C=O) groups excluding carboxylic acids is 1.